The third-order valence-electron chi connectivity index (χ3n) is 3.37. The topological polar surface area (TPSA) is 88.0 Å². The molecule has 126 valence electrons. The third-order valence-corrected chi connectivity index (χ3v) is 3.37. The predicted octanol–water partition coefficient (Wildman–Crippen LogP) is 2.68. The van der Waals surface area contributed by atoms with Crippen LogP contribution < -0.4 is 5.32 Å². The Morgan fingerprint density at radius 1 is 1.38 bits per heavy atom. The molecule has 0 spiro atoms. The van der Waals surface area contributed by atoms with Crippen molar-refractivity contribution in [3.05, 3.63) is 41.6 Å². The maximum absolute atomic E-state index is 13.0. The molecule has 1 amide bonds. The average Bonchev–Trinajstić information content (AvgIpc) is 3.12. The number of H-pyrrole nitrogens is 1. The summed E-state index contributed by atoms with van der Waals surface area (Å²) in [7, 11) is 0. The first-order valence-corrected chi connectivity index (χ1v) is 7.15. The van der Waals surface area contributed by atoms with Crippen LogP contribution in [-0.2, 0) is 12.6 Å². The molecule has 3 aromatic heterocycles. The first kappa shape index (κ1) is 16.0. The number of aromatic amines is 1. The van der Waals surface area contributed by atoms with Crippen LogP contribution in [0.5, 0.6) is 0 Å². The minimum atomic E-state index is -4.51. The smallest absolute Gasteiger partial charge is 0.295 e. The second-order valence-electron chi connectivity index (χ2n) is 5.09. The molecule has 0 aromatic carbocycles. The van der Waals surface area contributed by atoms with E-state index in [2.05, 4.69) is 25.5 Å². The number of hydrogen-bond donors (Lipinski definition) is 2. The highest BCUT2D eigenvalue weighted by Crippen LogP contribution is 2.30. The van der Waals surface area contributed by atoms with Crippen LogP contribution in [-0.4, -0.2) is 30.5 Å². The summed E-state index contributed by atoms with van der Waals surface area (Å²) < 4.78 is 40.0. The van der Waals surface area contributed by atoms with Crippen molar-refractivity contribution in [2.24, 2.45) is 0 Å². The van der Waals surface area contributed by atoms with Gasteiger partial charge in [0.05, 0.1) is 11.3 Å². The Kier molecular flexibility index (Phi) is 3.96. The van der Waals surface area contributed by atoms with Gasteiger partial charge < -0.3 is 0 Å². The quantitative estimate of drug-likeness (QED) is 0.765. The molecule has 0 radical (unpaired) electrons. The number of fused-ring (bicyclic) bond motifs is 1. The number of nitrogens with zero attached hydrogens (tertiary/aromatic N) is 4. The van der Waals surface area contributed by atoms with Crippen LogP contribution in [0.15, 0.2) is 24.7 Å². The van der Waals surface area contributed by atoms with Crippen LogP contribution in [0.4, 0.5) is 19.1 Å². The predicted molar refractivity (Wildman–Crippen MR) is 78.5 cm³/mol. The molecule has 3 rings (SSSR count). The second kappa shape index (κ2) is 5.95. The van der Waals surface area contributed by atoms with E-state index in [4.69, 9.17) is 0 Å². The molecule has 3 heterocycles. The van der Waals surface area contributed by atoms with E-state index < -0.39 is 17.6 Å². The van der Waals surface area contributed by atoms with E-state index in [0.717, 1.165) is 16.7 Å². The van der Waals surface area contributed by atoms with Crippen molar-refractivity contribution in [2.75, 3.05) is 5.32 Å². The average molecular weight is 338 g/mol. The molecule has 0 saturated heterocycles. The van der Waals surface area contributed by atoms with Crippen LogP contribution >= 0.6 is 0 Å². The van der Waals surface area contributed by atoms with Crippen LogP contribution in [0.2, 0.25) is 0 Å². The van der Waals surface area contributed by atoms with Crippen LogP contribution in [0.3, 0.4) is 0 Å². The Bertz CT molecular complexity index is 869. The van der Waals surface area contributed by atoms with E-state index in [1.807, 2.05) is 6.92 Å². The lowest BCUT2D eigenvalue weighted by Gasteiger charge is -2.08. The number of imidazole rings is 1. The summed E-state index contributed by atoms with van der Waals surface area (Å²) in [5, 5.41) is 8.53. The Balaban J connectivity index is 2.11. The summed E-state index contributed by atoms with van der Waals surface area (Å²) in [5.74, 6) is -0.508. The standard InChI is InChI=1S/C14H13F3N6O/c1-2-3-9-11(12(24)21-13-18-7-19-22-13)23-6-8(14(15,16)17)4-5-10(23)20-9/h4-7H,2-3H2,1H3,(H2,18,19,21,22,24). The van der Waals surface area contributed by atoms with Gasteiger partial charge in [0, 0.05) is 6.20 Å². The van der Waals surface area contributed by atoms with E-state index in [1.165, 1.54) is 12.4 Å². The largest absolute Gasteiger partial charge is 0.417 e. The number of nitrogens with one attached hydrogen (secondary N) is 2. The Labute approximate surface area is 133 Å². The number of halogens is 3. The fourth-order valence-electron chi connectivity index (χ4n) is 2.35. The van der Waals surface area contributed by atoms with Gasteiger partial charge in [0.15, 0.2) is 0 Å². The fraction of sp³-hybridized carbons (Fsp3) is 0.286. The number of anilines is 1. The van der Waals surface area contributed by atoms with Crippen LogP contribution in [0, 0.1) is 0 Å². The molecule has 0 unspecified atom stereocenters. The maximum Gasteiger partial charge on any atom is 0.417 e. The molecular formula is C14H13F3N6O. The van der Waals surface area contributed by atoms with Crippen molar-refractivity contribution in [2.45, 2.75) is 25.9 Å². The van der Waals surface area contributed by atoms with E-state index >= 15 is 0 Å². The lowest BCUT2D eigenvalue weighted by atomic mass is 10.2. The van der Waals surface area contributed by atoms with Crippen LogP contribution in [0.1, 0.15) is 35.1 Å². The summed E-state index contributed by atoms with van der Waals surface area (Å²) in [6.07, 6.45) is -1.28. The molecule has 0 saturated carbocycles. The SMILES string of the molecule is CCCc1nc2ccc(C(F)(F)F)cn2c1C(=O)Nc1ncn[nH]1. The van der Waals surface area contributed by atoms with E-state index in [1.54, 1.807) is 0 Å². The lowest BCUT2D eigenvalue weighted by Crippen LogP contribution is -2.18. The van der Waals surface area contributed by atoms with Gasteiger partial charge in [-0.05, 0) is 18.6 Å². The van der Waals surface area contributed by atoms with Crippen molar-refractivity contribution < 1.29 is 18.0 Å². The summed E-state index contributed by atoms with van der Waals surface area (Å²) in [6.45, 7) is 1.89. The fourth-order valence-corrected chi connectivity index (χ4v) is 2.35. The third kappa shape index (κ3) is 2.94. The number of carbonyl (C=O) groups is 1. The highest BCUT2D eigenvalue weighted by atomic mass is 19.4. The molecular weight excluding hydrogens is 325 g/mol. The van der Waals surface area contributed by atoms with Crippen molar-refractivity contribution >= 4 is 17.5 Å². The van der Waals surface area contributed by atoms with Crippen molar-refractivity contribution in [1.29, 1.82) is 0 Å². The zero-order chi connectivity index (χ0) is 17.3. The maximum atomic E-state index is 13.0. The van der Waals surface area contributed by atoms with Crippen LogP contribution in [0.25, 0.3) is 5.65 Å². The molecule has 10 heteroatoms. The minimum absolute atomic E-state index is 0.0503. The van der Waals surface area contributed by atoms with E-state index in [-0.39, 0.29) is 17.3 Å². The minimum Gasteiger partial charge on any atom is -0.295 e. The highest BCUT2D eigenvalue weighted by Gasteiger charge is 2.32. The summed E-state index contributed by atoms with van der Waals surface area (Å²) in [6, 6.07) is 2.18. The lowest BCUT2D eigenvalue weighted by molar-refractivity contribution is -0.137. The number of aryl methyl sites for hydroxylation is 1. The molecule has 7 nitrogen and oxygen atoms in total. The highest BCUT2D eigenvalue weighted by molar-refractivity contribution is 6.03. The first-order valence-electron chi connectivity index (χ1n) is 7.15. The normalized spacial score (nSPS) is 11.8. The number of hydrogen-bond acceptors (Lipinski definition) is 4. The molecule has 0 aliphatic carbocycles. The van der Waals surface area contributed by atoms with E-state index in [0.29, 0.717) is 18.5 Å². The molecule has 24 heavy (non-hydrogen) atoms. The van der Waals surface area contributed by atoms with Crippen molar-refractivity contribution in [3.8, 4) is 0 Å². The van der Waals surface area contributed by atoms with Gasteiger partial charge in [-0.15, -0.1) is 0 Å². The number of pyridine rings is 1. The van der Waals surface area contributed by atoms with Gasteiger partial charge in [-0.3, -0.25) is 14.5 Å². The van der Waals surface area contributed by atoms with Crippen molar-refractivity contribution in [1.82, 2.24) is 24.6 Å². The van der Waals surface area contributed by atoms with Gasteiger partial charge >= 0.3 is 6.18 Å². The number of alkyl halides is 3. The summed E-state index contributed by atoms with van der Waals surface area (Å²) in [4.78, 5) is 20.5. The van der Waals surface area contributed by atoms with Gasteiger partial charge in [-0.2, -0.15) is 23.3 Å². The van der Waals surface area contributed by atoms with Gasteiger partial charge in [0.25, 0.3) is 5.91 Å². The Morgan fingerprint density at radius 2 is 2.17 bits per heavy atom. The molecule has 0 bridgehead atoms. The second-order valence-corrected chi connectivity index (χ2v) is 5.09. The number of rotatable bonds is 4. The van der Waals surface area contributed by atoms with Gasteiger partial charge in [-0.25, -0.2) is 10.1 Å². The number of amides is 1. The van der Waals surface area contributed by atoms with Crippen molar-refractivity contribution in [3.63, 3.8) is 0 Å². The first-order chi connectivity index (χ1) is 11.4. The molecule has 2 N–H and O–H groups in total. The molecule has 0 aliphatic rings. The zero-order valence-electron chi connectivity index (χ0n) is 12.6. The van der Waals surface area contributed by atoms with Gasteiger partial charge in [-0.1, -0.05) is 13.3 Å². The number of carbonyl (C=O) groups excluding carboxylic acids is 1. The molecule has 0 atom stereocenters. The Hall–Kier alpha value is -2.91. The van der Waals surface area contributed by atoms with Gasteiger partial charge in [0.1, 0.15) is 17.7 Å². The summed E-state index contributed by atoms with van der Waals surface area (Å²) >= 11 is 0. The van der Waals surface area contributed by atoms with E-state index in [9.17, 15) is 18.0 Å². The number of aromatic nitrogens is 5. The van der Waals surface area contributed by atoms with Gasteiger partial charge in [0.2, 0.25) is 5.95 Å². The monoisotopic (exact) mass is 338 g/mol. The molecule has 0 aliphatic heterocycles. The Morgan fingerprint density at radius 3 is 2.79 bits per heavy atom. The molecule has 0 fully saturated rings. The zero-order valence-corrected chi connectivity index (χ0v) is 12.6. The molecule has 3 aromatic rings. The summed E-state index contributed by atoms with van der Waals surface area (Å²) in [5.41, 5.74) is -0.110.